The van der Waals surface area contributed by atoms with Crippen molar-refractivity contribution in [3.05, 3.63) is 17.5 Å². The van der Waals surface area contributed by atoms with Gasteiger partial charge in [-0.1, -0.05) is 12.1 Å². The molecule has 0 radical (unpaired) electrons. The first-order chi connectivity index (χ1) is 7.10. The molecule has 1 heterocycles. The van der Waals surface area contributed by atoms with Crippen molar-refractivity contribution in [2.75, 3.05) is 6.54 Å². The number of nitrogens with two attached hydrogens (primary N) is 1. The highest BCUT2D eigenvalue weighted by atomic mass is 16.5. The number of aromatic nitrogens is 1. The number of nitrogens with zero attached hydrogens (tertiary/aromatic N) is 1. The van der Waals surface area contributed by atoms with Crippen LogP contribution in [0.25, 0.3) is 0 Å². The minimum Gasteiger partial charge on any atom is -0.481 e. The average Bonchev–Trinajstić information content (AvgIpc) is 2.69. The molecule has 5 nitrogen and oxygen atoms in total. The summed E-state index contributed by atoms with van der Waals surface area (Å²) in [6, 6.07) is 0. The van der Waals surface area contributed by atoms with Gasteiger partial charge in [-0.25, -0.2) is 0 Å². The molecule has 0 fully saturated rings. The lowest BCUT2D eigenvalue weighted by Crippen LogP contribution is -2.40. The monoisotopic (exact) mass is 210 g/mol. The Kier molecular flexibility index (Phi) is 2.26. The Morgan fingerprint density at radius 3 is 3.20 bits per heavy atom. The van der Waals surface area contributed by atoms with E-state index in [1.165, 1.54) is 0 Å². The van der Waals surface area contributed by atoms with Gasteiger partial charge in [0.2, 0.25) is 0 Å². The van der Waals surface area contributed by atoms with E-state index >= 15 is 0 Å². The molecular weight excluding hydrogens is 196 g/mol. The molecular formula is C10H14N2O3. The van der Waals surface area contributed by atoms with Crippen molar-refractivity contribution in [2.24, 2.45) is 11.7 Å². The maximum atomic E-state index is 10.9. The first-order valence-electron chi connectivity index (χ1n) is 4.96. The van der Waals surface area contributed by atoms with Crippen LogP contribution in [0.3, 0.4) is 0 Å². The van der Waals surface area contributed by atoms with Crippen LogP contribution >= 0.6 is 0 Å². The summed E-state index contributed by atoms with van der Waals surface area (Å²) in [5, 5.41) is 12.6. The molecule has 0 bridgehead atoms. The molecule has 0 aliphatic heterocycles. The van der Waals surface area contributed by atoms with Crippen LogP contribution in [0, 0.1) is 5.92 Å². The number of carboxylic acid groups (broad SMARTS) is 1. The van der Waals surface area contributed by atoms with E-state index in [0.29, 0.717) is 6.54 Å². The third-order valence-corrected chi connectivity index (χ3v) is 3.45. The molecule has 0 aromatic carbocycles. The van der Waals surface area contributed by atoms with Gasteiger partial charge in [0.15, 0.2) is 0 Å². The Morgan fingerprint density at radius 2 is 2.60 bits per heavy atom. The van der Waals surface area contributed by atoms with Crippen molar-refractivity contribution in [3.63, 3.8) is 0 Å². The standard InChI is InChI=1S/C10H14N2O3/c1-6-2-8-7(4-12-15-8)10(6,5-11)3-9(13)14/h4,6H,2-3,5,11H2,1H3,(H,13,14). The highest BCUT2D eigenvalue weighted by molar-refractivity contribution is 5.69. The van der Waals surface area contributed by atoms with E-state index < -0.39 is 11.4 Å². The van der Waals surface area contributed by atoms with Crippen LogP contribution < -0.4 is 5.73 Å². The van der Waals surface area contributed by atoms with Crippen molar-refractivity contribution in [2.45, 2.75) is 25.2 Å². The molecule has 1 aliphatic carbocycles. The Bertz CT molecular complexity index is 388. The zero-order valence-corrected chi connectivity index (χ0v) is 8.56. The molecule has 1 aromatic heterocycles. The topological polar surface area (TPSA) is 89.4 Å². The van der Waals surface area contributed by atoms with E-state index in [1.54, 1.807) is 6.20 Å². The zero-order chi connectivity index (χ0) is 11.1. The van der Waals surface area contributed by atoms with E-state index in [4.69, 9.17) is 15.4 Å². The largest absolute Gasteiger partial charge is 0.481 e. The lowest BCUT2D eigenvalue weighted by Gasteiger charge is -2.30. The minimum atomic E-state index is -0.832. The van der Waals surface area contributed by atoms with Crippen LogP contribution in [0.2, 0.25) is 0 Å². The molecule has 0 saturated heterocycles. The van der Waals surface area contributed by atoms with Gasteiger partial charge < -0.3 is 15.4 Å². The summed E-state index contributed by atoms with van der Waals surface area (Å²) in [5.41, 5.74) is 6.12. The van der Waals surface area contributed by atoms with E-state index in [-0.39, 0.29) is 12.3 Å². The van der Waals surface area contributed by atoms with Gasteiger partial charge in [-0.05, 0) is 5.92 Å². The smallest absolute Gasteiger partial charge is 0.304 e. The molecule has 3 N–H and O–H groups in total. The first-order valence-corrected chi connectivity index (χ1v) is 4.96. The number of carboxylic acids is 1. The van der Waals surface area contributed by atoms with E-state index in [2.05, 4.69) is 5.16 Å². The van der Waals surface area contributed by atoms with Crippen molar-refractivity contribution in [1.29, 1.82) is 0 Å². The molecule has 2 rings (SSSR count). The average molecular weight is 210 g/mol. The third kappa shape index (κ3) is 1.34. The lowest BCUT2D eigenvalue weighted by atomic mass is 9.73. The minimum absolute atomic E-state index is 0.0406. The van der Waals surface area contributed by atoms with E-state index in [9.17, 15) is 4.79 Å². The molecule has 0 saturated carbocycles. The van der Waals surface area contributed by atoms with E-state index in [1.807, 2.05) is 6.92 Å². The molecule has 5 heteroatoms. The molecule has 2 atom stereocenters. The molecule has 1 aromatic rings. The molecule has 0 amide bonds. The quantitative estimate of drug-likeness (QED) is 0.759. The Morgan fingerprint density at radius 1 is 1.87 bits per heavy atom. The van der Waals surface area contributed by atoms with Gasteiger partial charge in [0.25, 0.3) is 0 Å². The SMILES string of the molecule is CC1Cc2oncc2C1(CN)CC(=O)O. The number of fused-ring (bicyclic) bond motifs is 1. The predicted octanol–water partition coefficient (Wildman–Crippen LogP) is 0.538. The summed E-state index contributed by atoms with van der Waals surface area (Å²) in [4.78, 5) is 10.9. The van der Waals surface area contributed by atoms with Gasteiger partial charge >= 0.3 is 5.97 Å². The number of carbonyl (C=O) groups is 1. The fraction of sp³-hybridized carbons (Fsp3) is 0.600. The maximum absolute atomic E-state index is 10.9. The van der Waals surface area contributed by atoms with E-state index in [0.717, 1.165) is 17.7 Å². The fourth-order valence-corrected chi connectivity index (χ4v) is 2.48. The summed E-state index contributed by atoms with van der Waals surface area (Å²) in [7, 11) is 0. The van der Waals surface area contributed by atoms with Crippen molar-refractivity contribution < 1.29 is 14.4 Å². The molecule has 0 spiro atoms. The van der Waals surface area contributed by atoms with Gasteiger partial charge in [-0.2, -0.15) is 0 Å². The molecule has 15 heavy (non-hydrogen) atoms. The van der Waals surface area contributed by atoms with Crippen LogP contribution in [0.15, 0.2) is 10.7 Å². The normalized spacial score (nSPS) is 29.1. The molecule has 1 aliphatic rings. The van der Waals surface area contributed by atoms with Crippen LogP contribution in [0.1, 0.15) is 24.7 Å². The number of rotatable bonds is 3. The third-order valence-electron chi connectivity index (χ3n) is 3.45. The van der Waals surface area contributed by atoms with Gasteiger partial charge in [0.05, 0.1) is 12.6 Å². The number of hydrogen-bond acceptors (Lipinski definition) is 4. The van der Waals surface area contributed by atoms with Crippen molar-refractivity contribution in [1.82, 2.24) is 5.16 Å². The maximum Gasteiger partial charge on any atom is 0.304 e. The molecule has 82 valence electrons. The second-order valence-corrected chi connectivity index (χ2v) is 4.20. The predicted molar refractivity (Wildman–Crippen MR) is 52.4 cm³/mol. The van der Waals surface area contributed by atoms with Crippen LogP contribution in [-0.2, 0) is 16.6 Å². The fourth-order valence-electron chi connectivity index (χ4n) is 2.48. The molecule has 2 unspecified atom stereocenters. The zero-order valence-electron chi connectivity index (χ0n) is 8.56. The summed E-state index contributed by atoms with van der Waals surface area (Å²) >= 11 is 0. The van der Waals surface area contributed by atoms with Gasteiger partial charge in [0.1, 0.15) is 5.76 Å². The summed E-state index contributed by atoms with van der Waals surface area (Å²) < 4.78 is 5.09. The Hall–Kier alpha value is -1.36. The van der Waals surface area contributed by atoms with Crippen molar-refractivity contribution in [3.8, 4) is 0 Å². The second-order valence-electron chi connectivity index (χ2n) is 4.20. The summed E-state index contributed by atoms with van der Waals surface area (Å²) in [6.07, 6.45) is 2.37. The van der Waals surface area contributed by atoms with Gasteiger partial charge in [-0.3, -0.25) is 4.79 Å². The Balaban J connectivity index is 2.43. The second kappa shape index (κ2) is 3.34. The highest BCUT2D eigenvalue weighted by Gasteiger charge is 2.47. The van der Waals surface area contributed by atoms with Gasteiger partial charge in [-0.15, -0.1) is 0 Å². The summed E-state index contributed by atoms with van der Waals surface area (Å²) in [6.45, 7) is 2.32. The van der Waals surface area contributed by atoms with Crippen molar-refractivity contribution >= 4 is 5.97 Å². The van der Waals surface area contributed by atoms with Crippen LogP contribution in [-0.4, -0.2) is 22.8 Å². The van der Waals surface area contributed by atoms with Gasteiger partial charge in [0, 0.05) is 23.9 Å². The lowest BCUT2D eigenvalue weighted by molar-refractivity contribution is -0.138. The van der Waals surface area contributed by atoms with Crippen LogP contribution in [0.5, 0.6) is 0 Å². The highest BCUT2D eigenvalue weighted by Crippen LogP contribution is 2.44. The summed E-state index contributed by atoms with van der Waals surface area (Å²) in [5.74, 6) is 0.144. The first kappa shape index (κ1) is 10.2. The number of hydrogen-bond donors (Lipinski definition) is 2. The number of aliphatic carboxylic acids is 1. The Labute approximate surface area is 87.2 Å². The van der Waals surface area contributed by atoms with Crippen LogP contribution in [0.4, 0.5) is 0 Å².